The molecule has 0 spiro atoms. The van der Waals surface area contributed by atoms with E-state index in [1.165, 1.54) is 13.0 Å². The van der Waals surface area contributed by atoms with Crippen LogP contribution in [0.4, 0.5) is 10.1 Å². The normalized spacial score (nSPS) is 15.4. The van der Waals surface area contributed by atoms with Crippen LogP contribution in [0.5, 0.6) is 0 Å². The van der Waals surface area contributed by atoms with Crippen molar-refractivity contribution in [1.29, 1.82) is 0 Å². The van der Waals surface area contributed by atoms with E-state index < -0.39 is 0 Å². The number of fused-ring (bicyclic) bond motifs is 1. The largest absolute Gasteiger partial charge is 0.345 e. The lowest BCUT2D eigenvalue weighted by Gasteiger charge is -2.24. The van der Waals surface area contributed by atoms with Crippen LogP contribution in [0, 0.1) is 5.82 Å². The zero-order valence-corrected chi connectivity index (χ0v) is 16.0. The summed E-state index contributed by atoms with van der Waals surface area (Å²) in [7, 11) is 0. The summed E-state index contributed by atoms with van der Waals surface area (Å²) in [6.45, 7) is 1.42. The Morgan fingerprint density at radius 2 is 2.00 bits per heavy atom. The third kappa shape index (κ3) is 3.89. The number of halogens is 1. The SMILES string of the molecule is CC(=O)Nc1cccc(C(=O)N[C@@H]2CCCc3c2cnn3-c2ccccc2F)c1. The van der Waals surface area contributed by atoms with Crippen molar-refractivity contribution in [3.8, 4) is 5.69 Å². The number of aromatic nitrogens is 2. The number of para-hydroxylation sites is 1. The summed E-state index contributed by atoms with van der Waals surface area (Å²) in [5.74, 6) is -0.756. The predicted octanol–water partition coefficient (Wildman–Crippen LogP) is 3.78. The summed E-state index contributed by atoms with van der Waals surface area (Å²) >= 11 is 0. The molecule has 0 fully saturated rings. The molecule has 2 amide bonds. The van der Waals surface area contributed by atoms with Crippen LogP contribution >= 0.6 is 0 Å². The van der Waals surface area contributed by atoms with Crippen LogP contribution in [-0.4, -0.2) is 21.6 Å². The Morgan fingerprint density at radius 1 is 1.17 bits per heavy atom. The van der Waals surface area contributed by atoms with E-state index in [-0.39, 0.29) is 23.7 Å². The third-order valence-corrected chi connectivity index (χ3v) is 5.01. The number of carbonyl (C=O) groups is 2. The maximum absolute atomic E-state index is 14.2. The van der Waals surface area contributed by atoms with Gasteiger partial charge in [-0.25, -0.2) is 9.07 Å². The third-order valence-electron chi connectivity index (χ3n) is 5.01. The molecule has 1 heterocycles. The van der Waals surface area contributed by atoms with Gasteiger partial charge in [0.15, 0.2) is 0 Å². The number of anilines is 1. The van der Waals surface area contributed by atoms with Gasteiger partial charge in [-0.05, 0) is 49.6 Å². The van der Waals surface area contributed by atoms with Crippen molar-refractivity contribution in [2.45, 2.75) is 32.2 Å². The first-order valence-electron chi connectivity index (χ1n) is 9.53. The second-order valence-corrected chi connectivity index (χ2v) is 7.09. The number of nitrogens with zero attached hydrogens (tertiary/aromatic N) is 2. The van der Waals surface area contributed by atoms with Crippen LogP contribution in [0.2, 0.25) is 0 Å². The van der Waals surface area contributed by atoms with Gasteiger partial charge in [0.25, 0.3) is 5.91 Å². The minimum Gasteiger partial charge on any atom is -0.345 e. The van der Waals surface area contributed by atoms with Crippen molar-refractivity contribution in [2.24, 2.45) is 0 Å². The highest BCUT2D eigenvalue weighted by atomic mass is 19.1. The summed E-state index contributed by atoms with van der Waals surface area (Å²) in [6, 6.07) is 13.1. The minimum absolute atomic E-state index is 0.194. The van der Waals surface area contributed by atoms with Gasteiger partial charge in [0, 0.05) is 29.4 Å². The van der Waals surface area contributed by atoms with E-state index in [1.807, 2.05) is 0 Å². The number of rotatable bonds is 4. The summed E-state index contributed by atoms with van der Waals surface area (Å²) < 4.78 is 15.8. The van der Waals surface area contributed by atoms with Crippen LogP contribution in [0.1, 0.15) is 47.4 Å². The Labute approximate surface area is 167 Å². The fourth-order valence-electron chi connectivity index (χ4n) is 3.72. The van der Waals surface area contributed by atoms with E-state index in [0.717, 1.165) is 30.5 Å². The van der Waals surface area contributed by atoms with E-state index in [2.05, 4.69) is 15.7 Å². The minimum atomic E-state index is -0.334. The van der Waals surface area contributed by atoms with E-state index in [0.29, 0.717) is 16.9 Å². The molecule has 3 aromatic rings. The van der Waals surface area contributed by atoms with Gasteiger partial charge >= 0.3 is 0 Å². The van der Waals surface area contributed by atoms with Crippen LogP contribution < -0.4 is 10.6 Å². The summed E-state index contributed by atoms with van der Waals surface area (Å²) in [5, 5.41) is 10.1. The Balaban J connectivity index is 1.57. The molecular weight excluding hydrogens is 371 g/mol. The zero-order valence-electron chi connectivity index (χ0n) is 16.0. The van der Waals surface area contributed by atoms with E-state index >= 15 is 0 Å². The molecule has 4 rings (SSSR count). The Hall–Kier alpha value is -3.48. The molecule has 7 heteroatoms. The molecule has 1 atom stereocenters. The average molecular weight is 392 g/mol. The number of benzene rings is 2. The lowest BCUT2D eigenvalue weighted by atomic mass is 9.92. The molecule has 1 aliphatic carbocycles. The second kappa shape index (κ2) is 7.87. The van der Waals surface area contributed by atoms with Gasteiger partial charge in [-0.2, -0.15) is 5.10 Å². The van der Waals surface area contributed by atoms with Gasteiger partial charge in [-0.15, -0.1) is 0 Å². The summed E-state index contributed by atoms with van der Waals surface area (Å²) in [6.07, 6.45) is 4.13. The molecule has 0 saturated carbocycles. The monoisotopic (exact) mass is 392 g/mol. The van der Waals surface area contributed by atoms with Crippen LogP contribution in [0.25, 0.3) is 5.69 Å². The Bertz CT molecular complexity index is 1080. The Kier molecular flexibility index (Phi) is 5.12. The molecule has 148 valence electrons. The molecule has 2 aromatic carbocycles. The molecule has 0 unspecified atom stereocenters. The predicted molar refractivity (Wildman–Crippen MR) is 107 cm³/mol. The first-order chi connectivity index (χ1) is 14.0. The van der Waals surface area contributed by atoms with Crippen LogP contribution in [-0.2, 0) is 11.2 Å². The summed E-state index contributed by atoms with van der Waals surface area (Å²) in [4.78, 5) is 24.0. The van der Waals surface area contributed by atoms with E-state index in [9.17, 15) is 14.0 Å². The second-order valence-electron chi connectivity index (χ2n) is 7.09. The quantitative estimate of drug-likeness (QED) is 0.710. The van der Waals surface area contributed by atoms with E-state index in [4.69, 9.17) is 0 Å². The van der Waals surface area contributed by atoms with Crippen molar-refractivity contribution in [3.05, 3.63) is 77.4 Å². The van der Waals surface area contributed by atoms with Crippen molar-refractivity contribution < 1.29 is 14.0 Å². The smallest absolute Gasteiger partial charge is 0.251 e. The topological polar surface area (TPSA) is 76.0 Å². The number of nitrogens with one attached hydrogen (secondary N) is 2. The van der Waals surface area contributed by atoms with Crippen LogP contribution in [0.15, 0.2) is 54.7 Å². The fourth-order valence-corrected chi connectivity index (χ4v) is 3.72. The lowest BCUT2D eigenvalue weighted by Crippen LogP contribution is -2.31. The van der Waals surface area contributed by atoms with Gasteiger partial charge in [0.1, 0.15) is 11.5 Å². The Morgan fingerprint density at radius 3 is 2.79 bits per heavy atom. The van der Waals surface area contributed by atoms with Gasteiger partial charge in [-0.3, -0.25) is 9.59 Å². The molecule has 0 bridgehead atoms. The molecule has 0 saturated heterocycles. The molecule has 0 radical (unpaired) electrons. The molecule has 0 aliphatic heterocycles. The number of amides is 2. The molecule has 6 nitrogen and oxygen atoms in total. The molecular formula is C22H21FN4O2. The maximum Gasteiger partial charge on any atom is 0.251 e. The lowest BCUT2D eigenvalue weighted by molar-refractivity contribution is -0.114. The highest BCUT2D eigenvalue weighted by molar-refractivity contribution is 5.97. The van der Waals surface area contributed by atoms with Crippen molar-refractivity contribution in [1.82, 2.24) is 15.1 Å². The van der Waals surface area contributed by atoms with E-state index in [1.54, 1.807) is 53.3 Å². The van der Waals surface area contributed by atoms with Crippen LogP contribution in [0.3, 0.4) is 0 Å². The average Bonchev–Trinajstić information content (AvgIpc) is 3.13. The highest BCUT2D eigenvalue weighted by Crippen LogP contribution is 2.31. The van der Waals surface area contributed by atoms with Crippen molar-refractivity contribution in [2.75, 3.05) is 5.32 Å². The van der Waals surface area contributed by atoms with Gasteiger partial charge in [0.05, 0.1) is 12.2 Å². The zero-order chi connectivity index (χ0) is 20.4. The number of hydrogen-bond acceptors (Lipinski definition) is 3. The number of hydrogen-bond donors (Lipinski definition) is 2. The summed E-state index contributed by atoms with van der Waals surface area (Å²) in [5.41, 5.74) is 3.26. The fraction of sp³-hybridized carbons (Fsp3) is 0.227. The van der Waals surface area contributed by atoms with Gasteiger partial charge < -0.3 is 10.6 Å². The molecule has 2 N–H and O–H groups in total. The standard InChI is InChI=1S/C22H21FN4O2/c1-14(28)25-16-7-4-6-15(12-16)22(29)26-19-9-5-11-20-17(19)13-24-27(20)21-10-3-2-8-18(21)23/h2-4,6-8,10,12-13,19H,5,9,11H2,1H3,(H,25,28)(H,26,29)/t19-/m1/s1. The van der Waals surface area contributed by atoms with Crippen molar-refractivity contribution >= 4 is 17.5 Å². The first-order valence-corrected chi connectivity index (χ1v) is 9.53. The molecule has 1 aliphatic rings. The van der Waals surface area contributed by atoms with Crippen molar-refractivity contribution in [3.63, 3.8) is 0 Å². The number of carbonyl (C=O) groups excluding carboxylic acids is 2. The highest BCUT2D eigenvalue weighted by Gasteiger charge is 2.27. The first kappa shape index (κ1) is 18.9. The maximum atomic E-state index is 14.2. The van der Waals surface area contributed by atoms with Gasteiger partial charge in [0.2, 0.25) is 5.91 Å². The van der Waals surface area contributed by atoms with Gasteiger partial charge in [-0.1, -0.05) is 18.2 Å². The molecule has 1 aromatic heterocycles. The molecule has 29 heavy (non-hydrogen) atoms.